The topological polar surface area (TPSA) is 20.3 Å². The average molecular weight is 309 g/mol. The Hall–Kier alpha value is -2.09. The van der Waals surface area contributed by atoms with Crippen molar-refractivity contribution in [2.24, 2.45) is 5.92 Å². The summed E-state index contributed by atoms with van der Waals surface area (Å²) >= 11 is 0. The van der Waals surface area contributed by atoms with Crippen molar-refractivity contribution in [3.8, 4) is 0 Å². The van der Waals surface area contributed by atoms with Gasteiger partial charge >= 0.3 is 0 Å². The van der Waals surface area contributed by atoms with Gasteiger partial charge in [0.15, 0.2) is 0 Å². The number of rotatable bonds is 5. The van der Waals surface area contributed by atoms with Crippen molar-refractivity contribution in [2.45, 2.75) is 33.1 Å². The van der Waals surface area contributed by atoms with Crippen LogP contribution in [0.15, 0.2) is 60.7 Å². The highest BCUT2D eigenvalue weighted by molar-refractivity contribution is 5.94. The van der Waals surface area contributed by atoms with Gasteiger partial charge in [0.1, 0.15) is 0 Å². The van der Waals surface area contributed by atoms with Gasteiger partial charge in [0.2, 0.25) is 0 Å². The summed E-state index contributed by atoms with van der Waals surface area (Å²) in [4.78, 5) is 14.5. The summed E-state index contributed by atoms with van der Waals surface area (Å²) in [5, 5.41) is 0. The second-order valence-electron chi connectivity index (χ2n) is 6.08. The number of piperidine rings is 1. The molecule has 0 bridgehead atoms. The van der Waals surface area contributed by atoms with E-state index >= 15 is 0 Å². The summed E-state index contributed by atoms with van der Waals surface area (Å²) in [6.07, 6.45) is 11.2. The molecule has 0 aromatic heterocycles. The maximum Gasteiger partial charge on any atom is 0.253 e. The molecule has 1 aliphatic heterocycles. The minimum atomic E-state index is 0.154. The van der Waals surface area contributed by atoms with Crippen molar-refractivity contribution in [3.05, 3.63) is 71.8 Å². The van der Waals surface area contributed by atoms with E-state index in [0.29, 0.717) is 5.92 Å². The molecule has 1 aromatic rings. The molecule has 1 aromatic carbocycles. The average Bonchev–Trinajstić information content (AvgIpc) is 2.61. The zero-order valence-corrected chi connectivity index (χ0v) is 14.3. The van der Waals surface area contributed by atoms with E-state index in [2.05, 4.69) is 19.6 Å². The van der Waals surface area contributed by atoms with Gasteiger partial charge in [-0.3, -0.25) is 4.79 Å². The SMILES string of the molecule is C=C(/C=C\C=C/C)C1CCN(C(=O)c2ccc(CC)cc2)CC1. The summed E-state index contributed by atoms with van der Waals surface area (Å²) in [5.41, 5.74) is 3.24. The lowest BCUT2D eigenvalue weighted by Crippen LogP contribution is -2.38. The molecule has 0 spiro atoms. The molecular weight excluding hydrogens is 282 g/mol. The van der Waals surface area contributed by atoms with Crippen molar-refractivity contribution in [2.75, 3.05) is 13.1 Å². The molecule has 2 nitrogen and oxygen atoms in total. The third-order valence-corrected chi connectivity index (χ3v) is 4.53. The monoisotopic (exact) mass is 309 g/mol. The fourth-order valence-corrected chi connectivity index (χ4v) is 2.95. The van der Waals surface area contributed by atoms with Crippen LogP contribution in [-0.2, 0) is 6.42 Å². The summed E-state index contributed by atoms with van der Waals surface area (Å²) < 4.78 is 0. The van der Waals surface area contributed by atoms with Crippen LogP contribution in [0.25, 0.3) is 0 Å². The summed E-state index contributed by atoms with van der Waals surface area (Å²) in [7, 11) is 0. The normalized spacial score (nSPS) is 16.3. The van der Waals surface area contributed by atoms with Crippen LogP contribution in [0, 0.1) is 5.92 Å². The molecule has 2 rings (SSSR count). The molecular formula is C21H27NO. The van der Waals surface area contributed by atoms with Gasteiger partial charge in [-0.25, -0.2) is 0 Å². The Balaban J connectivity index is 1.90. The van der Waals surface area contributed by atoms with Gasteiger partial charge in [-0.05, 0) is 49.8 Å². The molecule has 0 aliphatic carbocycles. The number of carbonyl (C=O) groups is 1. The summed E-state index contributed by atoms with van der Waals surface area (Å²) in [6, 6.07) is 8.00. The highest BCUT2D eigenvalue weighted by Gasteiger charge is 2.24. The van der Waals surface area contributed by atoms with Gasteiger partial charge in [0.05, 0.1) is 0 Å². The Morgan fingerprint density at radius 3 is 2.43 bits per heavy atom. The highest BCUT2D eigenvalue weighted by Crippen LogP contribution is 2.25. The number of benzene rings is 1. The molecule has 1 aliphatic rings. The number of nitrogens with zero attached hydrogens (tertiary/aromatic N) is 1. The van der Waals surface area contributed by atoms with Crippen LogP contribution in [0.2, 0.25) is 0 Å². The predicted octanol–water partition coefficient (Wildman–Crippen LogP) is 4.79. The van der Waals surface area contributed by atoms with Crippen molar-refractivity contribution < 1.29 is 4.79 Å². The van der Waals surface area contributed by atoms with Crippen LogP contribution in [0.5, 0.6) is 0 Å². The number of likely N-dealkylation sites (tertiary alicyclic amines) is 1. The molecule has 0 atom stereocenters. The quantitative estimate of drug-likeness (QED) is 0.716. The van der Waals surface area contributed by atoms with Crippen LogP contribution >= 0.6 is 0 Å². The lowest BCUT2D eigenvalue weighted by Gasteiger charge is -2.32. The molecule has 23 heavy (non-hydrogen) atoms. The fourth-order valence-electron chi connectivity index (χ4n) is 2.95. The van der Waals surface area contributed by atoms with Crippen molar-refractivity contribution in [3.63, 3.8) is 0 Å². The van der Waals surface area contributed by atoms with E-state index in [9.17, 15) is 4.79 Å². The molecule has 0 unspecified atom stereocenters. The van der Waals surface area contributed by atoms with Gasteiger partial charge in [-0.1, -0.05) is 55.5 Å². The van der Waals surface area contributed by atoms with Crippen molar-refractivity contribution >= 4 is 5.91 Å². The third-order valence-electron chi connectivity index (χ3n) is 4.53. The smallest absolute Gasteiger partial charge is 0.253 e. The third kappa shape index (κ3) is 4.69. The highest BCUT2D eigenvalue weighted by atomic mass is 16.2. The second-order valence-corrected chi connectivity index (χ2v) is 6.08. The number of hydrogen-bond donors (Lipinski definition) is 0. The number of amides is 1. The first-order valence-electron chi connectivity index (χ1n) is 8.52. The first kappa shape index (κ1) is 17.3. The van der Waals surface area contributed by atoms with Gasteiger partial charge in [-0.2, -0.15) is 0 Å². The van der Waals surface area contributed by atoms with E-state index in [0.717, 1.165) is 37.9 Å². The van der Waals surface area contributed by atoms with Gasteiger partial charge in [-0.15, -0.1) is 0 Å². The van der Waals surface area contributed by atoms with E-state index in [1.165, 1.54) is 11.1 Å². The Bertz CT molecular complexity index is 587. The molecule has 0 N–H and O–H groups in total. The van der Waals surface area contributed by atoms with Crippen LogP contribution in [0.1, 0.15) is 42.6 Å². The molecule has 1 saturated heterocycles. The maximum absolute atomic E-state index is 12.6. The molecule has 122 valence electrons. The van der Waals surface area contributed by atoms with Gasteiger partial charge < -0.3 is 4.90 Å². The fraction of sp³-hybridized carbons (Fsp3) is 0.381. The predicted molar refractivity (Wildman–Crippen MR) is 97.5 cm³/mol. The Morgan fingerprint density at radius 1 is 1.22 bits per heavy atom. The first-order chi connectivity index (χ1) is 11.2. The Labute approximate surface area is 140 Å². The molecule has 1 amide bonds. The van der Waals surface area contributed by atoms with Crippen LogP contribution < -0.4 is 0 Å². The van der Waals surface area contributed by atoms with Crippen LogP contribution in [0.3, 0.4) is 0 Å². The van der Waals surface area contributed by atoms with E-state index in [1.807, 2.05) is 54.3 Å². The molecule has 1 heterocycles. The van der Waals surface area contributed by atoms with E-state index < -0.39 is 0 Å². The van der Waals surface area contributed by atoms with E-state index in [1.54, 1.807) is 0 Å². The van der Waals surface area contributed by atoms with Crippen molar-refractivity contribution in [1.82, 2.24) is 4.90 Å². The molecule has 0 saturated carbocycles. The van der Waals surface area contributed by atoms with E-state index in [4.69, 9.17) is 0 Å². The summed E-state index contributed by atoms with van der Waals surface area (Å²) in [6.45, 7) is 9.93. The zero-order chi connectivity index (χ0) is 16.7. The summed E-state index contributed by atoms with van der Waals surface area (Å²) in [5.74, 6) is 0.643. The van der Waals surface area contributed by atoms with Gasteiger partial charge in [0, 0.05) is 18.7 Å². The zero-order valence-electron chi connectivity index (χ0n) is 14.3. The Kier molecular flexibility index (Phi) is 6.40. The molecule has 1 fully saturated rings. The van der Waals surface area contributed by atoms with Crippen LogP contribution in [-0.4, -0.2) is 23.9 Å². The number of aryl methyl sites for hydroxylation is 1. The van der Waals surface area contributed by atoms with Gasteiger partial charge in [0.25, 0.3) is 5.91 Å². The standard InChI is InChI=1S/C21H27NO/c1-4-6-7-8-17(3)19-13-15-22(16-14-19)21(23)20-11-9-18(5-2)10-12-20/h4,6-12,19H,3,5,13-16H2,1-2H3/b6-4-,8-7-. The number of allylic oxidation sites excluding steroid dienone is 5. The number of hydrogen-bond acceptors (Lipinski definition) is 1. The minimum absolute atomic E-state index is 0.154. The largest absolute Gasteiger partial charge is 0.339 e. The first-order valence-corrected chi connectivity index (χ1v) is 8.52. The Morgan fingerprint density at radius 2 is 1.87 bits per heavy atom. The van der Waals surface area contributed by atoms with Crippen LogP contribution in [0.4, 0.5) is 0 Å². The van der Waals surface area contributed by atoms with Crippen molar-refractivity contribution in [1.29, 1.82) is 0 Å². The molecule has 0 radical (unpaired) electrons. The second kappa shape index (κ2) is 8.52. The maximum atomic E-state index is 12.6. The number of carbonyl (C=O) groups excluding carboxylic acids is 1. The minimum Gasteiger partial charge on any atom is -0.339 e. The van der Waals surface area contributed by atoms with E-state index in [-0.39, 0.29) is 5.91 Å². The lowest BCUT2D eigenvalue weighted by molar-refractivity contribution is 0.0703. The molecule has 2 heteroatoms. The lowest BCUT2D eigenvalue weighted by atomic mass is 9.89.